The van der Waals surface area contributed by atoms with Crippen molar-refractivity contribution in [2.75, 3.05) is 4.90 Å². The lowest BCUT2D eigenvalue weighted by Gasteiger charge is -2.27. The molecule has 0 aliphatic carbocycles. The molecule has 0 radical (unpaired) electrons. The highest BCUT2D eigenvalue weighted by atomic mass is 16.4. The number of allylic oxidation sites excluding steroid dienone is 3. The molecule has 0 fully saturated rings. The number of hydrogen-bond acceptors (Lipinski definition) is 6. The van der Waals surface area contributed by atoms with Gasteiger partial charge in [0.2, 0.25) is 5.43 Å². The van der Waals surface area contributed by atoms with Gasteiger partial charge < -0.3 is 27.1 Å². The van der Waals surface area contributed by atoms with Crippen LogP contribution in [0.2, 0.25) is 0 Å². The third-order valence-electron chi connectivity index (χ3n) is 10.0. The summed E-state index contributed by atoms with van der Waals surface area (Å²) >= 11 is 0. The summed E-state index contributed by atoms with van der Waals surface area (Å²) in [6.07, 6.45) is 5.50. The molecule has 0 amide bonds. The van der Waals surface area contributed by atoms with E-state index in [2.05, 4.69) is 65.1 Å². The third-order valence-corrected chi connectivity index (χ3v) is 10.0. The molecule has 0 aliphatic heterocycles. The van der Waals surface area contributed by atoms with Crippen molar-refractivity contribution in [1.82, 2.24) is 4.57 Å². The first-order valence-electron chi connectivity index (χ1n) is 18.2. The van der Waals surface area contributed by atoms with Crippen LogP contribution in [0.3, 0.4) is 0 Å². The summed E-state index contributed by atoms with van der Waals surface area (Å²) in [7, 11) is 0. The minimum absolute atomic E-state index is 0.0454. The lowest BCUT2D eigenvalue weighted by molar-refractivity contribution is 0.580. The maximum atomic E-state index is 13.3. The minimum Gasteiger partial charge on any atom is -0.456 e. The summed E-state index contributed by atoms with van der Waals surface area (Å²) < 4.78 is 28.0. The monoisotopic (exact) mass is 728 g/mol. The van der Waals surface area contributed by atoms with Gasteiger partial charge >= 0.3 is 0 Å². The molecule has 0 unspecified atom stereocenters. The van der Waals surface area contributed by atoms with Crippen LogP contribution in [0.25, 0.3) is 83.3 Å². The molecule has 10 rings (SSSR count). The molecule has 0 atom stereocenters. The number of benzene rings is 7. The Morgan fingerprint density at radius 1 is 0.536 bits per heavy atom. The largest absolute Gasteiger partial charge is 0.456 e. The summed E-state index contributed by atoms with van der Waals surface area (Å²) in [4.78, 5) is 15.4. The van der Waals surface area contributed by atoms with E-state index in [1.807, 2.05) is 115 Å². The molecule has 268 valence electrons. The zero-order valence-corrected chi connectivity index (χ0v) is 30.0. The van der Waals surface area contributed by atoms with Gasteiger partial charge in [0.15, 0.2) is 33.5 Å². The van der Waals surface area contributed by atoms with Crippen molar-refractivity contribution >= 4 is 77.8 Å². The van der Waals surface area contributed by atoms with Crippen LogP contribution in [0.15, 0.2) is 211 Å². The maximum absolute atomic E-state index is 13.3. The zero-order valence-electron chi connectivity index (χ0n) is 30.0. The second-order valence-electron chi connectivity index (χ2n) is 13.4. The molecule has 56 heavy (non-hydrogen) atoms. The molecule has 7 aromatic carbocycles. The predicted octanol–water partition coefficient (Wildman–Crippen LogP) is 13.3. The zero-order chi connectivity index (χ0) is 37.8. The van der Waals surface area contributed by atoms with Crippen LogP contribution in [0, 0.1) is 0 Å². The summed E-state index contributed by atoms with van der Waals surface area (Å²) in [6, 6.07) is 49.0. The van der Waals surface area contributed by atoms with Crippen LogP contribution in [-0.4, -0.2) is 4.57 Å². The van der Waals surface area contributed by atoms with Crippen molar-refractivity contribution in [2.24, 2.45) is 0 Å². The van der Waals surface area contributed by atoms with E-state index in [1.165, 1.54) is 0 Å². The molecular weight excluding hydrogens is 697 g/mol. The van der Waals surface area contributed by atoms with Gasteiger partial charge in [-0.05, 0) is 114 Å². The summed E-state index contributed by atoms with van der Waals surface area (Å²) in [6.45, 7) is 8.08. The van der Waals surface area contributed by atoms with Crippen molar-refractivity contribution in [3.05, 3.63) is 199 Å². The topological polar surface area (TPSA) is 77.8 Å². The van der Waals surface area contributed by atoms with Gasteiger partial charge in [0, 0.05) is 22.8 Å². The molecular formula is C49H32N2O5. The fraction of sp³-hybridized carbons (Fsp3) is 0. The average molecular weight is 729 g/mol. The first-order valence-corrected chi connectivity index (χ1v) is 18.2. The van der Waals surface area contributed by atoms with Gasteiger partial charge in [-0.2, -0.15) is 0 Å². The van der Waals surface area contributed by atoms with E-state index in [9.17, 15) is 4.79 Å². The number of aromatic nitrogens is 1. The Hall–Kier alpha value is -7.77. The van der Waals surface area contributed by atoms with Crippen molar-refractivity contribution in [3.63, 3.8) is 0 Å². The molecule has 7 nitrogen and oxygen atoms in total. The summed E-state index contributed by atoms with van der Waals surface area (Å²) in [5.41, 5.74) is 11.6. The van der Waals surface area contributed by atoms with Gasteiger partial charge in [-0.1, -0.05) is 79.9 Å². The highest BCUT2D eigenvalue weighted by Gasteiger charge is 2.20. The molecule has 3 heterocycles. The van der Waals surface area contributed by atoms with Crippen LogP contribution < -0.4 is 10.3 Å². The second-order valence-corrected chi connectivity index (χ2v) is 13.4. The van der Waals surface area contributed by atoms with Crippen LogP contribution >= 0.6 is 0 Å². The van der Waals surface area contributed by atoms with E-state index in [0.29, 0.717) is 61.0 Å². The van der Waals surface area contributed by atoms with Gasteiger partial charge in [-0.15, -0.1) is 0 Å². The Morgan fingerprint density at radius 3 is 1.96 bits per heavy atom. The predicted molar refractivity (Wildman–Crippen MR) is 226 cm³/mol. The fourth-order valence-electron chi connectivity index (χ4n) is 7.43. The molecule has 10 aromatic rings. The van der Waals surface area contributed by atoms with Gasteiger partial charge in [0.25, 0.3) is 0 Å². The second kappa shape index (κ2) is 13.3. The lowest BCUT2D eigenvalue weighted by atomic mass is 10.0. The maximum Gasteiger partial charge on any atom is 0.200 e. The van der Waals surface area contributed by atoms with Crippen molar-refractivity contribution < 1.29 is 17.7 Å². The Labute approximate surface area is 319 Å². The van der Waals surface area contributed by atoms with Crippen LogP contribution in [0.1, 0.15) is 0 Å². The molecule has 0 aliphatic rings. The van der Waals surface area contributed by atoms with Crippen molar-refractivity contribution in [3.8, 4) is 16.8 Å². The summed E-state index contributed by atoms with van der Waals surface area (Å²) in [5.74, 6) is 0. The Bertz CT molecular complexity index is 3320. The van der Waals surface area contributed by atoms with Gasteiger partial charge in [0.05, 0.1) is 16.3 Å². The minimum atomic E-state index is -0.0454. The van der Waals surface area contributed by atoms with Crippen molar-refractivity contribution in [1.29, 1.82) is 0 Å². The molecule has 0 spiro atoms. The quantitative estimate of drug-likeness (QED) is 0.0923. The number of para-hydroxylation sites is 4. The fourth-order valence-corrected chi connectivity index (χ4v) is 7.43. The first-order chi connectivity index (χ1) is 27.6. The lowest BCUT2D eigenvalue weighted by Crippen LogP contribution is -2.15. The smallest absolute Gasteiger partial charge is 0.200 e. The van der Waals surface area contributed by atoms with E-state index >= 15 is 0 Å². The van der Waals surface area contributed by atoms with Crippen molar-refractivity contribution in [2.45, 2.75) is 0 Å². The van der Waals surface area contributed by atoms with Crippen LogP contribution in [0.4, 0.5) is 11.4 Å². The van der Waals surface area contributed by atoms with Crippen LogP contribution in [-0.2, 0) is 0 Å². The molecule has 3 aromatic heterocycles. The number of hydrogen-bond donors (Lipinski definition) is 0. The first kappa shape index (κ1) is 32.8. The number of nitrogens with zero attached hydrogens (tertiary/aromatic N) is 2. The van der Waals surface area contributed by atoms with E-state index < -0.39 is 0 Å². The number of anilines is 2. The molecule has 0 saturated heterocycles. The average Bonchev–Trinajstić information content (AvgIpc) is 3.25. The summed E-state index contributed by atoms with van der Waals surface area (Å²) in [5, 5.41) is 1.11. The molecule has 7 heteroatoms. The van der Waals surface area contributed by atoms with E-state index in [1.54, 1.807) is 12.1 Å². The third kappa shape index (κ3) is 5.41. The van der Waals surface area contributed by atoms with Gasteiger partial charge in [0.1, 0.15) is 16.7 Å². The highest BCUT2D eigenvalue weighted by Crippen LogP contribution is 2.38. The van der Waals surface area contributed by atoms with Gasteiger partial charge in [-0.25, -0.2) is 0 Å². The molecule has 0 bridgehead atoms. The van der Waals surface area contributed by atoms with E-state index in [-0.39, 0.29) is 5.43 Å². The Morgan fingerprint density at radius 2 is 1.18 bits per heavy atom. The van der Waals surface area contributed by atoms with Gasteiger partial charge in [-0.3, -0.25) is 4.79 Å². The SMILES string of the molecule is C=C/C=C(\C=C)N(c1ccccc1)c1ccc2oc3ccc4oc5ccccc5oc4c3n(-c3ccc(-c4ccc5c(=O)c6ccccc6oc5c4)cc3)c2c1. The highest BCUT2D eigenvalue weighted by molar-refractivity contribution is 6.03. The van der Waals surface area contributed by atoms with E-state index in [4.69, 9.17) is 17.7 Å². The Balaban J connectivity index is 1.22. The Kier molecular flexibility index (Phi) is 7.78. The van der Waals surface area contributed by atoms with E-state index in [0.717, 1.165) is 39.4 Å². The normalized spacial score (nSPS) is 11.9. The molecule has 0 saturated carbocycles. The van der Waals surface area contributed by atoms with Crippen LogP contribution in [0.5, 0.6) is 0 Å². The number of fused-ring (bicyclic) bond motifs is 7. The number of rotatable bonds is 7. The standard InChI is InChI=1S/C49H32N2O5/c1-3-12-33(4-2)50(34-13-6-5-7-14-34)36-24-26-41-39(30-36)51(47-44(54-41)27-28-45-49(47)56-43-18-11-10-17-42(43)55-45)35-22-19-31(20-23-35)32-21-25-38-46(29-32)53-40-16-9-8-15-37(40)48(38)52/h3-30H,1-2H2/b33-12+. The molecule has 0 N–H and O–H groups in total.